The third-order valence-electron chi connectivity index (χ3n) is 3.32. The Morgan fingerprint density at radius 3 is 3.00 bits per heavy atom. The molecule has 2 aromatic rings. The SMILES string of the molecule is Cc1ccn(Cc2cc(Cl)cc3c2OCC3)c(=O)c1. The maximum Gasteiger partial charge on any atom is 0.251 e. The van der Waals surface area contributed by atoms with E-state index >= 15 is 0 Å². The summed E-state index contributed by atoms with van der Waals surface area (Å²) >= 11 is 6.12. The standard InChI is InChI=1S/C15H14ClNO2/c1-10-2-4-17(14(18)6-10)9-12-8-13(16)7-11-3-5-19-15(11)12/h2,4,6-8H,3,5,9H2,1H3. The monoisotopic (exact) mass is 275 g/mol. The molecule has 0 aliphatic carbocycles. The summed E-state index contributed by atoms with van der Waals surface area (Å²) < 4.78 is 7.31. The van der Waals surface area contributed by atoms with Gasteiger partial charge in [0.1, 0.15) is 5.75 Å². The summed E-state index contributed by atoms with van der Waals surface area (Å²) in [7, 11) is 0. The summed E-state index contributed by atoms with van der Waals surface area (Å²) in [6.45, 7) is 3.08. The predicted molar refractivity (Wildman–Crippen MR) is 75.2 cm³/mol. The van der Waals surface area contributed by atoms with E-state index in [4.69, 9.17) is 16.3 Å². The van der Waals surface area contributed by atoms with E-state index in [-0.39, 0.29) is 5.56 Å². The number of hydrogen-bond donors (Lipinski definition) is 0. The number of benzene rings is 1. The fraction of sp³-hybridized carbons (Fsp3) is 0.267. The molecular formula is C15H14ClNO2. The molecule has 0 N–H and O–H groups in total. The largest absolute Gasteiger partial charge is 0.493 e. The normalized spacial score (nSPS) is 13.2. The number of nitrogens with zero attached hydrogens (tertiary/aromatic N) is 1. The maximum absolute atomic E-state index is 11.9. The van der Waals surface area contributed by atoms with Crippen LogP contribution in [0.15, 0.2) is 35.3 Å². The second-order valence-electron chi connectivity index (χ2n) is 4.82. The van der Waals surface area contributed by atoms with E-state index in [1.54, 1.807) is 16.8 Å². The van der Waals surface area contributed by atoms with Gasteiger partial charge in [0, 0.05) is 29.3 Å². The lowest BCUT2D eigenvalue weighted by molar-refractivity contribution is 0.352. The van der Waals surface area contributed by atoms with Gasteiger partial charge in [-0.1, -0.05) is 11.6 Å². The van der Waals surface area contributed by atoms with Crippen molar-refractivity contribution in [1.29, 1.82) is 0 Å². The van der Waals surface area contributed by atoms with Crippen molar-refractivity contribution >= 4 is 11.6 Å². The molecule has 0 saturated carbocycles. The van der Waals surface area contributed by atoms with Crippen molar-refractivity contribution in [3.8, 4) is 5.75 Å². The van der Waals surface area contributed by atoms with E-state index in [1.165, 1.54) is 0 Å². The first-order chi connectivity index (χ1) is 9.13. The molecule has 0 radical (unpaired) electrons. The fourth-order valence-electron chi connectivity index (χ4n) is 2.38. The van der Waals surface area contributed by atoms with Crippen molar-refractivity contribution in [3.63, 3.8) is 0 Å². The van der Waals surface area contributed by atoms with Gasteiger partial charge in [0.2, 0.25) is 0 Å². The molecule has 1 aliphatic heterocycles. The molecule has 1 aromatic heterocycles. The molecule has 0 saturated heterocycles. The minimum absolute atomic E-state index is 0.00766. The zero-order valence-corrected chi connectivity index (χ0v) is 11.4. The van der Waals surface area contributed by atoms with Gasteiger partial charge in [0.05, 0.1) is 13.2 Å². The van der Waals surface area contributed by atoms with Crippen molar-refractivity contribution < 1.29 is 4.74 Å². The van der Waals surface area contributed by atoms with Gasteiger partial charge in [-0.25, -0.2) is 0 Å². The zero-order chi connectivity index (χ0) is 13.4. The van der Waals surface area contributed by atoms with Gasteiger partial charge in [-0.05, 0) is 36.2 Å². The number of aromatic nitrogens is 1. The lowest BCUT2D eigenvalue weighted by Gasteiger charge is -2.11. The minimum Gasteiger partial charge on any atom is -0.493 e. The van der Waals surface area contributed by atoms with Gasteiger partial charge in [-0.3, -0.25) is 4.79 Å². The van der Waals surface area contributed by atoms with E-state index in [2.05, 4.69) is 0 Å². The number of hydrogen-bond acceptors (Lipinski definition) is 2. The summed E-state index contributed by atoms with van der Waals surface area (Å²) in [6, 6.07) is 7.36. The second-order valence-corrected chi connectivity index (χ2v) is 5.26. The molecule has 0 amide bonds. The van der Waals surface area contributed by atoms with Crippen molar-refractivity contribution in [2.75, 3.05) is 6.61 Å². The lowest BCUT2D eigenvalue weighted by atomic mass is 10.1. The molecule has 1 aliphatic rings. The number of rotatable bonds is 2. The van der Waals surface area contributed by atoms with Crippen LogP contribution in [0.2, 0.25) is 5.02 Å². The quantitative estimate of drug-likeness (QED) is 0.844. The topological polar surface area (TPSA) is 31.2 Å². The Hall–Kier alpha value is -1.74. The lowest BCUT2D eigenvalue weighted by Crippen LogP contribution is -2.19. The molecule has 0 bridgehead atoms. The number of ether oxygens (including phenoxy) is 1. The molecule has 0 atom stereocenters. The van der Waals surface area contributed by atoms with E-state index in [0.29, 0.717) is 18.2 Å². The molecule has 4 heteroatoms. The Labute approximate surface area is 116 Å². The molecule has 19 heavy (non-hydrogen) atoms. The van der Waals surface area contributed by atoms with Crippen LogP contribution in [0, 0.1) is 6.92 Å². The fourth-order valence-corrected chi connectivity index (χ4v) is 2.65. The first-order valence-corrected chi connectivity index (χ1v) is 6.62. The van der Waals surface area contributed by atoms with Crippen LogP contribution >= 0.6 is 11.6 Å². The first kappa shape index (κ1) is 12.3. The highest BCUT2D eigenvalue weighted by atomic mass is 35.5. The van der Waals surface area contributed by atoms with Gasteiger partial charge in [0.25, 0.3) is 5.56 Å². The molecule has 3 nitrogen and oxygen atoms in total. The van der Waals surface area contributed by atoms with Gasteiger partial charge in [0.15, 0.2) is 0 Å². The van der Waals surface area contributed by atoms with Crippen LogP contribution in [0.1, 0.15) is 16.7 Å². The predicted octanol–water partition coefficient (Wildman–Crippen LogP) is 2.79. The number of fused-ring (bicyclic) bond motifs is 1. The molecule has 3 rings (SSSR count). The summed E-state index contributed by atoms with van der Waals surface area (Å²) in [5, 5.41) is 0.694. The van der Waals surface area contributed by atoms with Gasteiger partial charge in [-0.15, -0.1) is 0 Å². The number of halogens is 1. The highest BCUT2D eigenvalue weighted by molar-refractivity contribution is 6.30. The summed E-state index contributed by atoms with van der Waals surface area (Å²) in [5.41, 5.74) is 3.05. The Balaban J connectivity index is 2.02. The van der Waals surface area contributed by atoms with Gasteiger partial charge >= 0.3 is 0 Å². The Morgan fingerprint density at radius 2 is 2.21 bits per heavy atom. The van der Waals surface area contributed by atoms with Crippen LogP contribution < -0.4 is 10.3 Å². The Morgan fingerprint density at radius 1 is 1.37 bits per heavy atom. The zero-order valence-electron chi connectivity index (χ0n) is 10.6. The Kier molecular flexibility index (Phi) is 3.07. The first-order valence-electron chi connectivity index (χ1n) is 6.25. The van der Waals surface area contributed by atoms with Crippen molar-refractivity contribution in [2.24, 2.45) is 0 Å². The smallest absolute Gasteiger partial charge is 0.251 e. The summed E-state index contributed by atoms with van der Waals surface area (Å²) in [5.74, 6) is 0.886. The van der Waals surface area contributed by atoms with Crippen LogP contribution in [-0.4, -0.2) is 11.2 Å². The number of pyridine rings is 1. The van der Waals surface area contributed by atoms with Crippen molar-refractivity contribution in [2.45, 2.75) is 19.9 Å². The van der Waals surface area contributed by atoms with Crippen LogP contribution in [0.3, 0.4) is 0 Å². The summed E-state index contributed by atoms with van der Waals surface area (Å²) in [6.07, 6.45) is 2.69. The maximum atomic E-state index is 11.9. The second kappa shape index (κ2) is 4.74. The molecule has 98 valence electrons. The van der Waals surface area contributed by atoms with E-state index < -0.39 is 0 Å². The van der Waals surface area contributed by atoms with Crippen molar-refractivity contribution in [3.05, 3.63) is 62.5 Å². The van der Waals surface area contributed by atoms with Crippen molar-refractivity contribution in [1.82, 2.24) is 4.57 Å². The summed E-state index contributed by atoms with van der Waals surface area (Å²) in [4.78, 5) is 11.9. The molecular weight excluding hydrogens is 262 g/mol. The molecule has 0 unspecified atom stereocenters. The molecule has 0 fully saturated rings. The molecule has 2 heterocycles. The minimum atomic E-state index is -0.00766. The number of aryl methyl sites for hydroxylation is 1. The Bertz CT molecular complexity index is 691. The molecule has 0 spiro atoms. The van der Waals surface area contributed by atoms with E-state index in [9.17, 15) is 4.79 Å². The van der Waals surface area contributed by atoms with Crippen LogP contribution in [0.4, 0.5) is 0 Å². The van der Waals surface area contributed by atoms with Crippen LogP contribution in [0.5, 0.6) is 5.75 Å². The highest BCUT2D eigenvalue weighted by Crippen LogP contribution is 2.33. The third kappa shape index (κ3) is 2.38. The van der Waals surface area contributed by atoms with Gasteiger partial charge in [-0.2, -0.15) is 0 Å². The average Bonchev–Trinajstić information content (AvgIpc) is 2.80. The third-order valence-corrected chi connectivity index (χ3v) is 3.54. The van der Waals surface area contributed by atoms with E-state index in [1.807, 2.05) is 25.1 Å². The average molecular weight is 276 g/mol. The van der Waals surface area contributed by atoms with Gasteiger partial charge < -0.3 is 9.30 Å². The van der Waals surface area contributed by atoms with Crippen LogP contribution in [-0.2, 0) is 13.0 Å². The van der Waals surface area contributed by atoms with Crippen LogP contribution in [0.25, 0.3) is 0 Å². The highest BCUT2D eigenvalue weighted by Gasteiger charge is 2.17. The van der Waals surface area contributed by atoms with E-state index in [0.717, 1.165) is 28.9 Å². The molecule has 1 aromatic carbocycles.